The number of pyridine rings is 1. The third-order valence-electron chi connectivity index (χ3n) is 5.10. The first-order valence-corrected chi connectivity index (χ1v) is 8.71. The Morgan fingerprint density at radius 3 is 2.92 bits per heavy atom. The Balaban J connectivity index is 1.28. The summed E-state index contributed by atoms with van der Waals surface area (Å²) in [6.45, 7) is 2.53. The maximum Gasteiger partial charge on any atom is 0.257 e. The third kappa shape index (κ3) is 3.60. The van der Waals surface area contributed by atoms with Crippen LogP contribution in [0.3, 0.4) is 0 Å². The van der Waals surface area contributed by atoms with E-state index >= 15 is 0 Å². The van der Waals surface area contributed by atoms with Gasteiger partial charge in [0.1, 0.15) is 6.26 Å². The molecule has 0 radical (unpaired) electrons. The van der Waals surface area contributed by atoms with Gasteiger partial charge in [-0.2, -0.15) is 0 Å². The lowest BCUT2D eigenvalue weighted by Crippen LogP contribution is -2.46. The molecule has 2 aliphatic rings. The third-order valence-corrected chi connectivity index (χ3v) is 5.10. The monoisotopic (exact) mass is 342 g/mol. The molecule has 0 N–H and O–H groups in total. The molecule has 1 amide bonds. The van der Waals surface area contributed by atoms with Crippen LogP contribution < -0.4 is 0 Å². The van der Waals surface area contributed by atoms with Crippen molar-refractivity contribution in [1.29, 1.82) is 0 Å². The number of aromatic nitrogens is 1. The predicted octanol–water partition coefficient (Wildman–Crippen LogP) is 2.66. The van der Waals surface area contributed by atoms with Crippen LogP contribution in [0.15, 0.2) is 47.4 Å². The van der Waals surface area contributed by atoms with Crippen molar-refractivity contribution in [2.24, 2.45) is 0 Å². The molecular formula is C19H22N2O4. The molecule has 1 spiro atoms. The van der Waals surface area contributed by atoms with E-state index in [4.69, 9.17) is 13.9 Å². The van der Waals surface area contributed by atoms with Crippen LogP contribution in [0.4, 0.5) is 0 Å². The molecule has 6 heteroatoms. The summed E-state index contributed by atoms with van der Waals surface area (Å²) in [6, 6.07) is 7.53. The van der Waals surface area contributed by atoms with Crippen molar-refractivity contribution in [1.82, 2.24) is 9.88 Å². The van der Waals surface area contributed by atoms with Crippen molar-refractivity contribution in [3.05, 3.63) is 54.2 Å². The Labute approximate surface area is 146 Å². The molecule has 0 aromatic carbocycles. The van der Waals surface area contributed by atoms with Gasteiger partial charge in [0, 0.05) is 25.7 Å². The molecule has 0 saturated carbocycles. The second-order valence-corrected chi connectivity index (χ2v) is 6.76. The van der Waals surface area contributed by atoms with Gasteiger partial charge in [-0.05, 0) is 31.0 Å². The highest BCUT2D eigenvalue weighted by molar-refractivity contribution is 5.93. The lowest BCUT2D eigenvalue weighted by molar-refractivity contribution is -0.0413. The van der Waals surface area contributed by atoms with E-state index in [-0.39, 0.29) is 17.6 Å². The van der Waals surface area contributed by atoms with Crippen LogP contribution in [0.1, 0.15) is 35.3 Å². The maximum atomic E-state index is 12.4. The zero-order chi connectivity index (χ0) is 17.1. The lowest BCUT2D eigenvalue weighted by atomic mass is 9.88. The van der Waals surface area contributed by atoms with Crippen LogP contribution in [-0.2, 0) is 16.1 Å². The van der Waals surface area contributed by atoms with Gasteiger partial charge in [-0.3, -0.25) is 9.78 Å². The molecule has 0 aliphatic carbocycles. The average Bonchev–Trinajstić information content (AvgIpc) is 3.32. The molecule has 2 aromatic heterocycles. The molecule has 2 saturated heterocycles. The van der Waals surface area contributed by atoms with Gasteiger partial charge in [0.15, 0.2) is 0 Å². The zero-order valence-corrected chi connectivity index (χ0v) is 14.1. The van der Waals surface area contributed by atoms with E-state index in [0.29, 0.717) is 31.9 Å². The van der Waals surface area contributed by atoms with Crippen LogP contribution in [0, 0.1) is 0 Å². The summed E-state index contributed by atoms with van der Waals surface area (Å²) in [6.07, 6.45) is 7.48. The molecule has 0 bridgehead atoms. The molecule has 0 unspecified atom stereocenters. The smallest absolute Gasteiger partial charge is 0.257 e. The first-order chi connectivity index (χ1) is 12.2. The van der Waals surface area contributed by atoms with Gasteiger partial charge in [-0.25, -0.2) is 0 Å². The number of carbonyl (C=O) groups is 1. The standard InChI is InChI=1S/C19H22N2O4/c22-18(15-4-10-23-12-15)21-8-5-19(6-9-21)11-17(14-25-19)24-13-16-3-1-2-7-20-16/h1-4,7,10,12,17H,5-6,8-9,11,13-14H2/t17-/m0/s1. The number of likely N-dealkylation sites (tertiary alicyclic amines) is 1. The van der Waals surface area contributed by atoms with Crippen LogP contribution in [0.25, 0.3) is 0 Å². The van der Waals surface area contributed by atoms with E-state index in [9.17, 15) is 4.79 Å². The molecular weight excluding hydrogens is 320 g/mol. The summed E-state index contributed by atoms with van der Waals surface area (Å²) in [5.74, 6) is 0.0320. The Kier molecular flexibility index (Phi) is 4.55. The topological polar surface area (TPSA) is 64.8 Å². The molecule has 2 aliphatic heterocycles. The largest absolute Gasteiger partial charge is 0.472 e. The molecule has 25 heavy (non-hydrogen) atoms. The van der Waals surface area contributed by atoms with Gasteiger partial charge >= 0.3 is 0 Å². The average molecular weight is 342 g/mol. The van der Waals surface area contributed by atoms with Crippen LogP contribution in [0.5, 0.6) is 0 Å². The van der Waals surface area contributed by atoms with Crippen molar-refractivity contribution in [3.63, 3.8) is 0 Å². The van der Waals surface area contributed by atoms with Gasteiger partial charge in [0.25, 0.3) is 5.91 Å². The normalized spacial score (nSPS) is 22.4. The van der Waals surface area contributed by atoms with Crippen molar-refractivity contribution in [3.8, 4) is 0 Å². The summed E-state index contributed by atoms with van der Waals surface area (Å²) in [7, 11) is 0. The van der Waals surface area contributed by atoms with Crippen molar-refractivity contribution in [2.45, 2.75) is 37.6 Å². The minimum atomic E-state index is -0.151. The fourth-order valence-corrected chi connectivity index (χ4v) is 3.63. The second kappa shape index (κ2) is 6.98. The summed E-state index contributed by atoms with van der Waals surface area (Å²) < 4.78 is 17.1. The van der Waals surface area contributed by atoms with E-state index in [1.807, 2.05) is 23.1 Å². The van der Waals surface area contributed by atoms with Gasteiger partial charge in [0.05, 0.1) is 42.4 Å². The maximum absolute atomic E-state index is 12.4. The highest BCUT2D eigenvalue weighted by Gasteiger charge is 2.44. The Morgan fingerprint density at radius 2 is 2.20 bits per heavy atom. The predicted molar refractivity (Wildman–Crippen MR) is 90.0 cm³/mol. The van der Waals surface area contributed by atoms with E-state index < -0.39 is 0 Å². The lowest BCUT2D eigenvalue weighted by Gasteiger charge is -2.38. The number of hydrogen-bond donors (Lipinski definition) is 0. The van der Waals surface area contributed by atoms with Gasteiger partial charge < -0.3 is 18.8 Å². The molecule has 1 atom stereocenters. The number of nitrogens with zero attached hydrogens (tertiary/aromatic N) is 2. The first kappa shape index (κ1) is 16.3. The van der Waals surface area contributed by atoms with Gasteiger partial charge in [-0.15, -0.1) is 0 Å². The Hall–Kier alpha value is -2.18. The fraction of sp³-hybridized carbons (Fsp3) is 0.474. The summed E-state index contributed by atoms with van der Waals surface area (Å²) in [5.41, 5.74) is 1.39. The number of rotatable bonds is 4. The summed E-state index contributed by atoms with van der Waals surface area (Å²) >= 11 is 0. The number of amides is 1. The second-order valence-electron chi connectivity index (χ2n) is 6.76. The van der Waals surface area contributed by atoms with Gasteiger partial charge in [-0.1, -0.05) is 6.07 Å². The van der Waals surface area contributed by atoms with Crippen molar-refractivity contribution in [2.75, 3.05) is 19.7 Å². The highest BCUT2D eigenvalue weighted by atomic mass is 16.6. The SMILES string of the molecule is O=C(c1ccoc1)N1CCC2(CC1)C[C@H](OCc1ccccn1)CO2. The van der Waals surface area contributed by atoms with Crippen molar-refractivity contribution >= 4 is 5.91 Å². The highest BCUT2D eigenvalue weighted by Crippen LogP contribution is 2.37. The zero-order valence-electron chi connectivity index (χ0n) is 14.1. The molecule has 132 valence electrons. The number of furan rings is 1. The summed E-state index contributed by atoms with van der Waals surface area (Å²) in [5, 5.41) is 0. The molecule has 4 rings (SSSR count). The van der Waals surface area contributed by atoms with Crippen molar-refractivity contribution < 1.29 is 18.7 Å². The molecule has 4 heterocycles. The number of hydrogen-bond acceptors (Lipinski definition) is 5. The minimum absolute atomic E-state index is 0.0320. The fourth-order valence-electron chi connectivity index (χ4n) is 3.63. The van der Waals surface area contributed by atoms with Crippen LogP contribution in [0.2, 0.25) is 0 Å². The minimum Gasteiger partial charge on any atom is -0.472 e. The Morgan fingerprint density at radius 1 is 1.32 bits per heavy atom. The van der Waals surface area contributed by atoms with E-state index in [1.165, 1.54) is 12.5 Å². The Bertz CT molecular complexity index is 693. The number of carbonyl (C=O) groups excluding carboxylic acids is 1. The molecule has 2 aromatic rings. The summed E-state index contributed by atoms with van der Waals surface area (Å²) in [4.78, 5) is 18.5. The van der Waals surface area contributed by atoms with E-state index in [2.05, 4.69) is 4.98 Å². The first-order valence-electron chi connectivity index (χ1n) is 8.71. The quantitative estimate of drug-likeness (QED) is 0.855. The molecule has 6 nitrogen and oxygen atoms in total. The van der Waals surface area contributed by atoms with Crippen LogP contribution >= 0.6 is 0 Å². The number of ether oxygens (including phenoxy) is 2. The van der Waals surface area contributed by atoms with E-state index in [0.717, 1.165) is 25.0 Å². The van der Waals surface area contributed by atoms with E-state index in [1.54, 1.807) is 12.3 Å². The van der Waals surface area contributed by atoms with Gasteiger partial charge in [0.2, 0.25) is 0 Å². The molecule has 2 fully saturated rings. The van der Waals surface area contributed by atoms with Crippen LogP contribution in [-0.4, -0.2) is 47.2 Å². The number of piperidine rings is 1.